The van der Waals surface area contributed by atoms with Gasteiger partial charge in [0.05, 0.1) is 32.5 Å². The standard InChI is InChI=1S/C23H30O5.2C2H6.CH4O/c1-18-21(16-27-23(28-18)20-12-8-4-5-9-13-20)26-17-22(25-15-14-24)19-10-6-2-3-7-11-19;3*1-2/h2-8,10,12-13,18,21-24H,9,11,14-17H2,1H3;2*1-2H3;2H,1H3. The van der Waals surface area contributed by atoms with Gasteiger partial charge >= 0.3 is 0 Å². The molecule has 0 aromatic heterocycles. The second-order valence-corrected chi connectivity index (χ2v) is 6.95. The molecule has 6 nitrogen and oxygen atoms in total. The molecule has 1 saturated heterocycles. The van der Waals surface area contributed by atoms with Crippen molar-refractivity contribution in [1.82, 2.24) is 0 Å². The van der Waals surface area contributed by atoms with Gasteiger partial charge in [0.15, 0.2) is 6.29 Å². The molecule has 2 aliphatic carbocycles. The van der Waals surface area contributed by atoms with Crippen molar-refractivity contribution in [3.63, 3.8) is 0 Å². The lowest BCUT2D eigenvalue weighted by Crippen LogP contribution is -2.45. The largest absolute Gasteiger partial charge is 0.400 e. The van der Waals surface area contributed by atoms with Crippen molar-refractivity contribution in [1.29, 1.82) is 0 Å². The van der Waals surface area contributed by atoms with Gasteiger partial charge in [-0.1, -0.05) is 88.5 Å². The SMILES string of the molecule is CC.CC.CC1OC(C2=CCC=CC=C2)OCC1OCC(OCCO)C1=CC=CC=CC1.CO. The average Bonchev–Trinajstić information content (AvgIpc) is 3.34. The fourth-order valence-corrected chi connectivity index (χ4v) is 3.27. The van der Waals surface area contributed by atoms with Crippen LogP contribution in [0.25, 0.3) is 0 Å². The van der Waals surface area contributed by atoms with E-state index < -0.39 is 0 Å². The van der Waals surface area contributed by atoms with Crippen molar-refractivity contribution < 1.29 is 29.2 Å². The van der Waals surface area contributed by atoms with Crippen LogP contribution in [-0.4, -0.2) is 68.4 Å². The first kappa shape index (κ1) is 32.2. The molecule has 4 unspecified atom stereocenters. The van der Waals surface area contributed by atoms with Gasteiger partial charge in [0.1, 0.15) is 12.2 Å². The van der Waals surface area contributed by atoms with Crippen LogP contribution in [0.1, 0.15) is 47.5 Å². The summed E-state index contributed by atoms with van der Waals surface area (Å²) in [6, 6.07) is 0. The molecule has 0 radical (unpaired) electrons. The number of aliphatic hydroxyl groups is 2. The maximum Gasteiger partial charge on any atom is 0.184 e. The highest BCUT2D eigenvalue weighted by atomic mass is 16.7. The van der Waals surface area contributed by atoms with E-state index in [1.165, 1.54) is 0 Å². The van der Waals surface area contributed by atoms with Crippen LogP contribution in [0.2, 0.25) is 0 Å². The third-order valence-electron chi connectivity index (χ3n) is 4.88. The van der Waals surface area contributed by atoms with Crippen LogP contribution >= 0.6 is 0 Å². The smallest absolute Gasteiger partial charge is 0.184 e. The number of rotatable bonds is 8. The summed E-state index contributed by atoms with van der Waals surface area (Å²) in [5.74, 6) is 0. The molecule has 0 spiro atoms. The molecule has 0 amide bonds. The zero-order valence-electron chi connectivity index (χ0n) is 21.9. The van der Waals surface area contributed by atoms with E-state index in [9.17, 15) is 0 Å². The monoisotopic (exact) mass is 478 g/mol. The Hall–Kier alpha value is -1.80. The van der Waals surface area contributed by atoms with E-state index in [2.05, 4.69) is 24.3 Å². The molecule has 194 valence electrons. The third kappa shape index (κ3) is 12.1. The van der Waals surface area contributed by atoms with E-state index in [-0.39, 0.29) is 37.8 Å². The predicted molar refractivity (Wildman–Crippen MR) is 140 cm³/mol. The van der Waals surface area contributed by atoms with Crippen molar-refractivity contribution >= 4 is 0 Å². The summed E-state index contributed by atoms with van der Waals surface area (Å²) in [5.41, 5.74) is 2.17. The van der Waals surface area contributed by atoms with E-state index in [4.69, 9.17) is 29.2 Å². The van der Waals surface area contributed by atoms with Gasteiger partial charge < -0.3 is 29.2 Å². The molecule has 3 rings (SSSR count). The molecular formula is C28H46O6. The van der Waals surface area contributed by atoms with E-state index in [0.29, 0.717) is 13.2 Å². The number of allylic oxidation sites excluding steroid dienone is 9. The zero-order chi connectivity index (χ0) is 25.6. The van der Waals surface area contributed by atoms with Crippen LogP contribution in [0.5, 0.6) is 0 Å². The highest BCUT2D eigenvalue weighted by Gasteiger charge is 2.32. The van der Waals surface area contributed by atoms with Gasteiger partial charge in [-0.25, -0.2) is 0 Å². The fraction of sp³-hybridized carbons (Fsp3) is 0.571. The lowest BCUT2D eigenvalue weighted by molar-refractivity contribution is -0.243. The minimum absolute atomic E-state index is 0.0132. The molecule has 0 aromatic rings. The van der Waals surface area contributed by atoms with Crippen LogP contribution < -0.4 is 0 Å². The molecular weight excluding hydrogens is 432 g/mol. The minimum Gasteiger partial charge on any atom is -0.400 e. The molecule has 1 fully saturated rings. The van der Waals surface area contributed by atoms with E-state index in [0.717, 1.165) is 31.1 Å². The Labute approximate surface area is 206 Å². The minimum atomic E-state index is -0.354. The Balaban J connectivity index is 0.00000168. The number of hydrogen-bond donors (Lipinski definition) is 2. The Morgan fingerprint density at radius 2 is 1.76 bits per heavy atom. The summed E-state index contributed by atoms with van der Waals surface area (Å²) in [7, 11) is 1.00. The van der Waals surface area contributed by atoms with Crippen LogP contribution in [0.4, 0.5) is 0 Å². The molecule has 4 atom stereocenters. The second-order valence-electron chi connectivity index (χ2n) is 6.95. The molecule has 1 heterocycles. The lowest BCUT2D eigenvalue weighted by Gasteiger charge is -2.36. The quantitative estimate of drug-likeness (QED) is 0.508. The van der Waals surface area contributed by atoms with Gasteiger partial charge in [0.2, 0.25) is 0 Å². The van der Waals surface area contributed by atoms with Crippen molar-refractivity contribution in [3.8, 4) is 0 Å². The summed E-state index contributed by atoms with van der Waals surface area (Å²) in [5, 5.41) is 16.1. The Morgan fingerprint density at radius 1 is 1.03 bits per heavy atom. The predicted octanol–water partition coefficient (Wildman–Crippen LogP) is 5.06. The molecule has 34 heavy (non-hydrogen) atoms. The highest BCUT2D eigenvalue weighted by Crippen LogP contribution is 2.24. The zero-order valence-corrected chi connectivity index (χ0v) is 21.9. The van der Waals surface area contributed by atoms with Gasteiger partial charge in [-0.05, 0) is 25.3 Å². The summed E-state index contributed by atoms with van der Waals surface area (Å²) in [4.78, 5) is 0. The molecule has 0 saturated carbocycles. The number of ether oxygens (including phenoxy) is 4. The van der Waals surface area contributed by atoms with Gasteiger partial charge in [-0.15, -0.1) is 0 Å². The van der Waals surface area contributed by atoms with Crippen molar-refractivity contribution in [2.24, 2.45) is 0 Å². The summed E-state index contributed by atoms with van der Waals surface area (Å²) >= 11 is 0. The van der Waals surface area contributed by atoms with Crippen molar-refractivity contribution in [3.05, 3.63) is 71.9 Å². The van der Waals surface area contributed by atoms with E-state index in [1.54, 1.807) is 0 Å². The van der Waals surface area contributed by atoms with Crippen molar-refractivity contribution in [2.45, 2.75) is 72.1 Å². The van der Waals surface area contributed by atoms with E-state index in [1.807, 2.05) is 71.1 Å². The first-order valence-corrected chi connectivity index (χ1v) is 12.4. The number of hydrogen-bond acceptors (Lipinski definition) is 6. The molecule has 1 aliphatic heterocycles. The fourth-order valence-electron chi connectivity index (χ4n) is 3.27. The molecule has 3 aliphatic rings. The number of aliphatic hydroxyl groups excluding tert-OH is 2. The molecule has 6 heteroatoms. The van der Waals surface area contributed by atoms with E-state index >= 15 is 0 Å². The highest BCUT2D eigenvalue weighted by molar-refractivity contribution is 5.28. The first-order chi connectivity index (χ1) is 16.8. The maximum absolute atomic E-state index is 9.13. The second kappa shape index (κ2) is 21.7. The first-order valence-electron chi connectivity index (χ1n) is 12.4. The lowest BCUT2D eigenvalue weighted by atomic mass is 10.1. The molecule has 0 bridgehead atoms. The summed E-state index contributed by atoms with van der Waals surface area (Å²) in [6.07, 6.45) is 21.3. The van der Waals surface area contributed by atoms with Crippen LogP contribution in [0.3, 0.4) is 0 Å². The Kier molecular flexibility index (Phi) is 20.6. The van der Waals surface area contributed by atoms with Crippen molar-refractivity contribution in [2.75, 3.05) is 33.5 Å². The van der Waals surface area contributed by atoms with Gasteiger partial charge in [-0.3, -0.25) is 0 Å². The maximum atomic E-state index is 9.13. The molecule has 0 aromatic carbocycles. The van der Waals surface area contributed by atoms with Crippen LogP contribution in [-0.2, 0) is 18.9 Å². The van der Waals surface area contributed by atoms with Gasteiger partial charge in [0, 0.05) is 12.7 Å². The van der Waals surface area contributed by atoms with Gasteiger partial charge in [-0.2, -0.15) is 0 Å². The Morgan fingerprint density at radius 3 is 2.47 bits per heavy atom. The molecule has 2 N–H and O–H groups in total. The third-order valence-corrected chi connectivity index (χ3v) is 4.88. The summed E-state index contributed by atoms with van der Waals surface area (Å²) in [6.45, 7) is 11.1. The van der Waals surface area contributed by atoms with Crippen LogP contribution in [0.15, 0.2) is 71.9 Å². The Bertz CT molecular complexity index is 674. The average molecular weight is 479 g/mol. The normalized spacial score (nSPS) is 23.9. The van der Waals surface area contributed by atoms with Crippen LogP contribution in [0, 0.1) is 0 Å². The topological polar surface area (TPSA) is 77.4 Å². The summed E-state index contributed by atoms with van der Waals surface area (Å²) < 4.78 is 23.9. The van der Waals surface area contributed by atoms with Gasteiger partial charge in [0.25, 0.3) is 0 Å².